The molecule has 0 radical (unpaired) electrons. The lowest BCUT2D eigenvalue weighted by Gasteiger charge is -2.18. The van der Waals surface area contributed by atoms with Crippen molar-refractivity contribution in [1.82, 2.24) is 4.98 Å². The maximum absolute atomic E-state index is 14.1. The van der Waals surface area contributed by atoms with Crippen molar-refractivity contribution in [3.8, 4) is 22.7 Å². The van der Waals surface area contributed by atoms with Gasteiger partial charge in [0.2, 0.25) is 5.89 Å². The summed E-state index contributed by atoms with van der Waals surface area (Å²) in [5.41, 5.74) is 4.80. The highest BCUT2D eigenvalue weighted by Crippen LogP contribution is 2.42. The maximum atomic E-state index is 14.1. The Balaban J connectivity index is 1.78. The number of oxazole rings is 1. The minimum absolute atomic E-state index is 0.240. The molecule has 0 fully saturated rings. The molecule has 1 unspecified atom stereocenters. The van der Waals surface area contributed by atoms with Crippen LogP contribution in [-0.4, -0.2) is 13.4 Å². The lowest BCUT2D eigenvalue weighted by Crippen LogP contribution is -2.15. The van der Waals surface area contributed by atoms with E-state index in [-0.39, 0.29) is 4.90 Å². The Labute approximate surface area is 205 Å². The zero-order valence-electron chi connectivity index (χ0n) is 19.5. The van der Waals surface area contributed by atoms with E-state index in [9.17, 15) is 8.42 Å². The molecule has 0 saturated heterocycles. The summed E-state index contributed by atoms with van der Waals surface area (Å²) in [6.07, 6.45) is 0. The molecule has 5 heteroatoms. The fourth-order valence-electron chi connectivity index (χ4n) is 4.18. The third-order valence-corrected chi connectivity index (χ3v) is 8.00. The molecule has 0 bridgehead atoms. The first kappa shape index (κ1) is 22.8. The van der Waals surface area contributed by atoms with Gasteiger partial charge in [0.15, 0.2) is 20.8 Å². The van der Waals surface area contributed by atoms with Gasteiger partial charge in [0.1, 0.15) is 5.69 Å². The summed E-state index contributed by atoms with van der Waals surface area (Å²) < 4.78 is 34.6. The molecule has 5 rings (SSSR count). The highest BCUT2D eigenvalue weighted by molar-refractivity contribution is 7.91. The van der Waals surface area contributed by atoms with E-state index in [1.54, 1.807) is 12.1 Å². The molecular weight excluding hydrogens is 454 g/mol. The van der Waals surface area contributed by atoms with Gasteiger partial charge in [0.25, 0.3) is 0 Å². The molecule has 0 aliphatic heterocycles. The summed E-state index contributed by atoms with van der Waals surface area (Å²) in [6.45, 7) is 3.93. The SMILES string of the molecule is Cc1ccc(S(=O)(=O)C(c2ccccc2)c2oc(-c3cccc(C)c3)nc2-c2ccccc2)cc1. The molecule has 0 spiro atoms. The number of hydrogen-bond donors (Lipinski definition) is 0. The van der Waals surface area contributed by atoms with Crippen LogP contribution in [0, 0.1) is 13.8 Å². The number of benzene rings is 4. The van der Waals surface area contributed by atoms with E-state index in [1.165, 1.54) is 0 Å². The van der Waals surface area contributed by atoms with Crippen LogP contribution in [0.5, 0.6) is 0 Å². The summed E-state index contributed by atoms with van der Waals surface area (Å²) >= 11 is 0. The van der Waals surface area contributed by atoms with Gasteiger partial charge >= 0.3 is 0 Å². The van der Waals surface area contributed by atoms with Gasteiger partial charge in [-0.25, -0.2) is 13.4 Å². The third kappa shape index (κ3) is 4.55. The molecule has 1 atom stereocenters. The van der Waals surface area contributed by atoms with Crippen molar-refractivity contribution < 1.29 is 12.8 Å². The Morgan fingerprint density at radius 2 is 1.31 bits per heavy atom. The van der Waals surface area contributed by atoms with Crippen molar-refractivity contribution in [2.45, 2.75) is 24.0 Å². The Hall–Kier alpha value is -3.96. The zero-order chi connectivity index (χ0) is 24.4. The molecule has 5 aromatic rings. The van der Waals surface area contributed by atoms with Gasteiger partial charge in [-0.05, 0) is 43.7 Å². The van der Waals surface area contributed by atoms with Crippen molar-refractivity contribution in [3.63, 3.8) is 0 Å². The average molecular weight is 480 g/mol. The Morgan fingerprint density at radius 1 is 0.686 bits per heavy atom. The summed E-state index contributed by atoms with van der Waals surface area (Å²) in [7, 11) is -3.87. The minimum atomic E-state index is -3.87. The van der Waals surface area contributed by atoms with E-state index in [1.807, 2.05) is 111 Å². The van der Waals surface area contributed by atoms with Crippen molar-refractivity contribution >= 4 is 9.84 Å². The van der Waals surface area contributed by atoms with E-state index in [2.05, 4.69) is 0 Å². The maximum Gasteiger partial charge on any atom is 0.226 e. The van der Waals surface area contributed by atoms with Gasteiger partial charge in [-0.15, -0.1) is 0 Å². The summed E-state index contributed by atoms with van der Waals surface area (Å²) in [5.74, 6) is 0.696. The molecule has 174 valence electrons. The van der Waals surface area contributed by atoms with Gasteiger partial charge in [-0.3, -0.25) is 0 Å². The van der Waals surface area contributed by atoms with Crippen LogP contribution in [0.1, 0.15) is 27.7 Å². The molecule has 1 heterocycles. The van der Waals surface area contributed by atoms with Gasteiger partial charge in [0, 0.05) is 11.1 Å². The first-order valence-corrected chi connectivity index (χ1v) is 13.0. The van der Waals surface area contributed by atoms with Crippen molar-refractivity contribution in [2.75, 3.05) is 0 Å². The average Bonchev–Trinajstić information content (AvgIpc) is 3.30. The Bertz CT molecular complexity index is 1560. The second kappa shape index (κ2) is 9.35. The highest BCUT2D eigenvalue weighted by atomic mass is 32.2. The quantitative estimate of drug-likeness (QED) is 0.259. The summed E-state index contributed by atoms with van der Waals surface area (Å²) in [5, 5.41) is -1.06. The largest absolute Gasteiger partial charge is 0.439 e. The molecular formula is C30H25NO3S. The van der Waals surface area contributed by atoms with E-state index in [4.69, 9.17) is 9.40 Å². The van der Waals surface area contributed by atoms with E-state index in [0.717, 1.165) is 22.3 Å². The number of hydrogen-bond acceptors (Lipinski definition) is 4. The molecule has 0 aliphatic carbocycles. The number of rotatable bonds is 6. The topological polar surface area (TPSA) is 60.2 Å². The predicted octanol–water partition coefficient (Wildman–Crippen LogP) is 7.19. The first-order valence-electron chi connectivity index (χ1n) is 11.4. The Kier molecular flexibility index (Phi) is 6.10. The molecule has 4 aromatic carbocycles. The lowest BCUT2D eigenvalue weighted by atomic mass is 10.0. The van der Waals surface area contributed by atoms with Crippen molar-refractivity contribution in [3.05, 3.63) is 132 Å². The lowest BCUT2D eigenvalue weighted by molar-refractivity contribution is 0.513. The smallest absolute Gasteiger partial charge is 0.226 e. The van der Waals surface area contributed by atoms with Crippen LogP contribution in [0.3, 0.4) is 0 Å². The fraction of sp³-hybridized carbons (Fsp3) is 0.100. The van der Waals surface area contributed by atoms with Crippen LogP contribution >= 0.6 is 0 Å². The van der Waals surface area contributed by atoms with Gasteiger partial charge in [-0.1, -0.05) is 96.1 Å². The first-order chi connectivity index (χ1) is 16.9. The molecule has 0 aliphatic rings. The number of nitrogens with zero attached hydrogens (tertiary/aromatic N) is 1. The molecule has 35 heavy (non-hydrogen) atoms. The van der Waals surface area contributed by atoms with Crippen LogP contribution in [0.4, 0.5) is 0 Å². The van der Waals surface area contributed by atoms with Gasteiger partial charge in [0.05, 0.1) is 4.90 Å². The second-order valence-corrected chi connectivity index (χ2v) is 10.6. The molecule has 1 aromatic heterocycles. The van der Waals surface area contributed by atoms with Gasteiger partial charge in [-0.2, -0.15) is 0 Å². The number of aryl methyl sites for hydroxylation is 2. The van der Waals surface area contributed by atoms with Crippen molar-refractivity contribution in [1.29, 1.82) is 0 Å². The van der Waals surface area contributed by atoms with Crippen LogP contribution < -0.4 is 0 Å². The predicted molar refractivity (Wildman–Crippen MR) is 139 cm³/mol. The van der Waals surface area contributed by atoms with E-state index in [0.29, 0.717) is 22.9 Å². The standard InChI is InChI=1S/C30H25NO3S/c1-21-16-18-26(19-17-21)35(32,33)29(24-13-7-4-8-14-24)28-27(23-11-5-3-6-12-23)31-30(34-28)25-15-9-10-22(2)20-25/h3-20,29H,1-2H3. The zero-order valence-corrected chi connectivity index (χ0v) is 20.4. The molecule has 0 amide bonds. The molecule has 4 nitrogen and oxygen atoms in total. The third-order valence-electron chi connectivity index (χ3n) is 5.97. The summed E-state index contributed by atoms with van der Waals surface area (Å²) in [6, 6.07) is 33.5. The minimum Gasteiger partial charge on any atom is -0.439 e. The summed E-state index contributed by atoms with van der Waals surface area (Å²) in [4.78, 5) is 5.07. The highest BCUT2D eigenvalue weighted by Gasteiger charge is 2.37. The van der Waals surface area contributed by atoms with Crippen LogP contribution in [-0.2, 0) is 9.84 Å². The molecule has 0 saturated carbocycles. The fourth-order valence-corrected chi connectivity index (χ4v) is 5.92. The van der Waals surface area contributed by atoms with Crippen LogP contribution in [0.2, 0.25) is 0 Å². The second-order valence-electron chi connectivity index (χ2n) is 8.62. The van der Waals surface area contributed by atoms with Crippen LogP contribution in [0.15, 0.2) is 119 Å². The Morgan fingerprint density at radius 3 is 1.97 bits per heavy atom. The van der Waals surface area contributed by atoms with Gasteiger partial charge < -0.3 is 4.42 Å². The van der Waals surface area contributed by atoms with Crippen LogP contribution in [0.25, 0.3) is 22.7 Å². The van der Waals surface area contributed by atoms with E-state index < -0.39 is 15.1 Å². The van der Waals surface area contributed by atoms with Crippen molar-refractivity contribution in [2.24, 2.45) is 0 Å². The van der Waals surface area contributed by atoms with E-state index >= 15 is 0 Å². The monoisotopic (exact) mass is 479 g/mol. The molecule has 0 N–H and O–H groups in total. The number of sulfone groups is 1. The normalized spacial score (nSPS) is 12.4. The number of aromatic nitrogens is 1.